The van der Waals surface area contributed by atoms with E-state index in [1.807, 2.05) is 0 Å². The lowest BCUT2D eigenvalue weighted by molar-refractivity contribution is -0.133. The molecule has 0 bridgehead atoms. The number of hydrogen-bond acceptors (Lipinski definition) is 3. The summed E-state index contributed by atoms with van der Waals surface area (Å²) in [5.41, 5.74) is 2.40. The first-order valence-corrected chi connectivity index (χ1v) is 9.16. The number of imide groups is 1. The Morgan fingerprint density at radius 1 is 1.24 bits per heavy atom. The minimum absolute atomic E-state index is 0.100. The molecule has 25 heavy (non-hydrogen) atoms. The highest BCUT2D eigenvalue weighted by atomic mass is 35.5. The van der Waals surface area contributed by atoms with Crippen LogP contribution in [0, 0.1) is 5.92 Å². The van der Waals surface area contributed by atoms with Gasteiger partial charge in [-0.1, -0.05) is 30.1 Å². The summed E-state index contributed by atoms with van der Waals surface area (Å²) in [5, 5.41) is 7.63. The van der Waals surface area contributed by atoms with Gasteiger partial charge in [0.25, 0.3) is 5.91 Å². The lowest BCUT2D eigenvalue weighted by Crippen LogP contribution is -2.52. The van der Waals surface area contributed by atoms with E-state index in [0.717, 1.165) is 17.9 Å². The molecular formula is C16H18Cl2N4O2S. The second-order valence-electron chi connectivity index (χ2n) is 6.56. The molecular weight excluding hydrogens is 383 g/mol. The minimum atomic E-state index is -0.814. The Balaban J connectivity index is 1.67. The van der Waals surface area contributed by atoms with E-state index < -0.39 is 11.6 Å². The summed E-state index contributed by atoms with van der Waals surface area (Å²) >= 11 is 17.1. The van der Waals surface area contributed by atoms with Crippen LogP contribution in [0.5, 0.6) is 0 Å². The zero-order chi connectivity index (χ0) is 18.2. The highest BCUT2D eigenvalue weighted by Gasteiger charge is 2.52. The van der Waals surface area contributed by atoms with Gasteiger partial charge in [-0.25, -0.2) is 4.79 Å². The van der Waals surface area contributed by atoms with E-state index in [-0.39, 0.29) is 11.0 Å². The van der Waals surface area contributed by atoms with Crippen LogP contribution in [-0.4, -0.2) is 27.6 Å². The molecule has 2 fully saturated rings. The molecule has 3 amide bonds. The molecule has 1 saturated heterocycles. The summed E-state index contributed by atoms with van der Waals surface area (Å²) in [6.45, 7) is 2.15. The Labute approximate surface area is 161 Å². The minimum Gasteiger partial charge on any atom is -0.331 e. The maximum atomic E-state index is 12.7. The average Bonchev–Trinajstić information content (AvgIpc) is 2.74. The molecule has 3 N–H and O–H groups in total. The van der Waals surface area contributed by atoms with Gasteiger partial charge in [-0.3, -0.25) is 10.2 Å². The van der Waals surface area contributed by atoms with Gasteiger partial charge in [-0.15, -0.1) is 0 Å². The predicted octanol–water partition coefficient (Wildman–Crippen LogP) is 3.70. The van der Waals surface area contributed by atoms with E-state index in [9.17, 15) is 9.59 Å². The molecule has 1 spiro atoms. The maximum absolute atomic E-state index is 12.7. The second kappa shape index (κ2) is 6.97. The predicted molar refractivity (Wildman–Crippen MR) is 102 cm³/mol. The van der Waals surface area contributed by atoms with E-state index in [2.05, 4.69) is 23.0 Å². The number of rotatable bonds is 2. The van der Waals surface area contributed by atoms with Crippen LogP contribution in [0.2, 0.25) is 10.0 Å². The fourth-order valence-electron chi connectivity index (χ4n) is 3.20. The number of hydrogen-bond donors (Lipinski definition) is 3. The Kier molecular flexibility index (Phi) is 5.09. The van der Waals surface area contributed by atoms with Crippen molar-refractivity contribution in [2.24, 2.45) is 5.92 Å². The summed E-state index contributed by atoms with van der Waals surface area (Å²) < 4.78 is 0. The van der Waals surface area contributed by atoms with Gasteiger partial charge in [-0.2, -0.15) is 5.01 Å². The summed E-state index contributed by atoms with van der Waals surface area (Å²) in [4.78, 5) is 25.0. The van der Waals surface area contributed by atoms with Gasteiger partial charge in [-0.05, 0) is 62.0 Å². The number of amides is 3. The van der Waals surface area contributed by atoms with E-state index >= 15 is 0 Å². The first-order valence-electron chi connectivity index (χ1n) is 7.99. The third-order valence-electron chi connectivity index (χ3n) is 4.62. The van der Waals surface area contributed by atoms with E-state index in [0.29, 0.717) is 34.5 Å². The van der Waals surface area contributed by atoms with Crippen molar-refractivity contribution in [2.75, 3.05) is 5.32 Å². The number of hydrazine groups is 1. The van der Waals surface area contributed by atoms with Crippen molar-refractivity contribution >= 4 is 58.2 Å². The van der Waals surface area contributed by atoms with Crippen LogP contribution in [0.15, 0.2) is 18.2 Å². The van der Waals surface area contributed by atoms with Crippen molar-refractivity contribution in [3.05, 3.63) is 28.2 Å². The van der Waals surface area contributed by atoms with Crippen LogP contribution in [0.25, 0.3) is 0 Å². The Morgan fingerprint density at radius 3 is 2.44 bits per heavy atom. The summed E-state index contributed by atoms with van der Waals surface area (Å²) in [6.07, 6.45) is 3.09. The molecule has 1 aliphatic carbocycles. The van der Waals surface area contributed by atoms with Gasteiger partial charge in [0.15, 0.2) is 5.11 Å². The van der Waals surface area contributed by atoms with Crippen LogP contribution in [-0.2, 0) is 4.79 Å². The van der Waals surface area contributed by atoms with Gasteiger partial charge in [0.2, 0.25) is 0 Å². The van der Waals surface area contributed by atoms with Crippen molar-refractivity contribution in [1.29, 1.82) is 0 Å². The van der Waals surface area contributed by atoms with Crippen molar-refractivity contribution in [3.8, 4) is 0 Å². The number of benzene rings is 1. The number of nitrogens with zero attached hydrogens (tertiary/aromatic N) is 1. The average molecular weight is 401 g/mol. The normalized spacial score (nSPS) is 25.9. The molecule has 1 heterocycles. The Bertz CT molecular complexity index is 715. The number of thiocarbonyl (C=S) groups is 1. The molecule has 1 aromatic rings. The third-order valence-corrected chi connectivity index (χ3v) is 5.25. The number of carbonyl (C=O) groups excluding carboxylic acids is 2. The Hall–Kier alpha value is -1.57. The second-order valence-corrected chi connectivity index (χ2v) is 7.84. The number of urea groups is 1. The third kappa shape index (κ3) is 3.83. The molecule has 3 rings (SSSR count). The van der Waals surface area contributed by atoms with Crippen LogP contribution >= 0.6 is 35.4 Å². The number of anilines is 1. The van der Waals surface area contributed by atoms with Crippen LogP contribution in [0.3, 0.4) is 0 Å². The highest BCUT2D eigenvalue weighted by molar-refractivity contribution is 7.80. The van der Waals surface area contributed by atoms with Crippen LogP contribution < -0.4 is 16.1 Å². The van der Waals surface area contributed by atoms with Crippen molar-refractivity contribution in [2.45, 2.75) is 38.1 Å². The molecule has 0 unspecified atom stereocenters. The molecule has 1 aliphatic heterocycles. The fourth-order valence-corrected chi connectivity index (χ4v) is 3.94. The fraction of sp³-hybridized carbons (Fsp3) is 0.438. The lowest BCUT2D eigenvalue weighted by Gasteiger charge is -2.33. The van der Waals surface area contributed by atoms with Gasteiger partial charge in [0.05, 0.1) is 0 Å². The first kappa shape index (κ1) is 18.2. The summed E-state index contributed by atoms with van der Waals surface area (Å²) in [5.74, 6) is 0.269. The highest BCUT2D eigenvalue weighted by Crippen LogP contribution is 2.35. The molecule has 1 saturated carbocycles. The number of carbonyl (C=O) groups is 2. The van der Waals surface area contributed by atoms with Crippen molar-refractivity contribution in [3.63, 3.8) is 0 Å². The van der Waals surface area contributed by atoms with Gasteiger partial charge >= 0.3 is 6.03 Å². The largest absolute Gasteiger partial charge is 0.344 e. The van der Waals surface area contributed by atoms with Gasteiger partial charge in [0.1, 0.15) is 5.54 Å². The lowest BCUT2D eigenvalue weighted by atomic mass is 9.77. The van der Waals surface area contributed by atoms with E-state index in [4.69, 9.17) is 35.4 Å². The van der Waals surface area contributed by atoms with Gasteiger partial charge < -0.3 is 10.6 Å². The van der Waals surface area contributed by atoms with E-state index in [1.165, 1.54) is 0 Å². The molecule has 0 atom stereocenters. The van der Waals surface area contributed by atoms with Crippen molar-refractivity contribution < 1.29 is 9.59 Å². The summed E-state index contributed by atoms with van der Waals surface area (Å²) in [7, 11) is 0. The maximum Gasteiger partial charge on any atom is 0.344 e. The van der Waals surface area contributed by atoms with Crippen LogP contribution in [0.1, 0.15) is 32.6 Å². The molecule has 134 valence electrons. The molecule has 1 aromatic carbocycles. The van der Waals surface area contributed by atoms with Crippen molar-refractivity contribution in [1.82, 2.24) is 15.8 Å². The zero-order valence-electron chi connectivity index (χ0n) is 13.6. The SMILES string of the molecule is CC1CCC2(CC1)NC(=O)N(NC(=S)Nc1cc(Cl)cc(Cl)c1)C2=O. The monoisotopic (exact) mass is 400 g/mol. The Morgan fingerprint density at radius 2 is 1.84 bits per heavy atom. The van der Waals surface area contributed by atoms with Crippen LogP contribution in [0.4, 0.5) is 10.5 Å². The standard InChI is InChI=1S/C16H18Cl2N4O2S/c1-9-2-4-16(5-3-9)13(23)22(15(24)20-16)21-14(25)19-12-7-10(17)6-11(18)8-12/h6-9H,2-5H2,1H3,(H,20,24)(H2,19,21,25). The zero-order valence-corrected chi connectivity index (χ0v) is 15.9. The molecule has 6 nitrogen and oxygen atoms in total. The molecule has 0 radical (unpaired) electrons. The van der Waals surface area contributed by atoms with E-state index in [1.54, 1.807) is 18.2 Å². The topological polar surface area (TPSA) is 73.5 Å². The quantitative estimate of drug-likeness (QED) is 0.521. The molecule has 2 aliphatic rings. The smallest absolute Gasteiger partial charge is 0.331 e. The first-order chi connectivity index (χ1) is 11.8. The number of nitrogens with one attached hydrogen (secondary N) is 3. The molecule has 0 aromatic heterocycles. The number of halogens is 2. The molecule has 9 heteroatoms. The van der Waals surface area contributed by atoms with Gasteiger partial charge in [0, 0.05) is 15.7 Å². The summed E-state index contributed by atoms with van der Waals surface area (Å²) in [6, 6.07) is 4.37.